The Bertz CT molecular complexity index is 724. The number of aromatic carboxylic acids is 1. The molecule has 20 heavy (non-hydrogen) atoms. The molecule has 2 aromatic rings. The van der Waals surface area contributed by atoms with Crippen LogP contribution in [0.15, 0.2) is 28.0 Å². The van der Waals surface area contributed by atoms with Gasteiger partial charge in [-0.15, -0.1) is 0 Å². The van der Waals surface area contributed by atoms with E-state index in [1.807, 2.05) is 0 Å². The van der Waals surface area contributed by atoms with E-state index in [2.05, 4.69) is 9.82 Å². The van der Waals surface area contributed by atoms with Crippen LogP contribution in [0.5, 0.6) is 0 Å². The molecule has 2 heterocycles. The van der Waals surface area contributed by atoms with Crippen molar-refractivity contribution in [2.45, 2.75) is 18.5 Å². The summed E-state index contributed by atoms with van der Waals surface area (Å²) < 4.78 is 32.8. The molecule has 0 fully saturated rings. The largest absolute Gasteiger partial charge is 0.478 e. The zero-order chi connectivity index (χ0) is 14.9. The summed E-state index contributed by atoms with van der Waals surface area (Å²) in [5, 5.41) is 12.7. The molecule has 0 aliphatic carbocycles. The Morgan fingerprint density at radius 3 is 2.75 bits per heavy atom. The summed E-state index contributed by atoms with van der Waals surface area (Å²) in [6.07, 6.45) is 2.51. The number of hydrogen-bond donors (Lipinski definition) is 2. The fourth-order valence-electron chi connectivity index (χ4n) is 1.74. The number of sulfonamides is 1. The predicted molar refractivity (Wildman–Crippen MR) is 67.6 cm³/mol. The van der Waals surface area contributed by atoms with Gasteiger partial charge in [-0.25, -0.2) is 17.9 Å². The molecule has 9 heteroatoms. The molecule has 2 aromatic heterocycles. The highest BCUT2D eigenvalue weighted by Crippen LogP contribution is 2.14. The van der Waals surface area contributed by atoms with Crippen molar-refractivity contribution in [2.24, 2.45) is 7.05 Å². The summed E-state index contributed by atoms with van der Waals surface area (Å²) in [5.41, 5.74) is 0.488. The van der Waals surface area contributed by atoms with E-state index >= 15 is 0 Å². The van der Waals surface area contributed by atoms with Gasteiger partial charge in [-0.1, -0.05) is 0 Å². The highest BCUT2D eigenvalue weighted by Gasteiger charge is 2.21. The third-order valence-corrected chi connectivity index (χ3v) is 4.27. The average Bonchev–Trinajstić information content (AvgIpc) is 2.94. The van der Waals surface area contributed by atoms with Crippen molar-refractivity contribution in [3.8, 4) is 0 Å². The fourth-order valence-corrected chi connectivity index (χ4v) is 3.08. The molecule has 0 amide bonds. The highest BCUT2D eigenvalue weighted by atomic mass is 32.2. The van der Waals surface area contributed by atoms with Crippen molar-refractivity contribution >= 4 is 16.0 Å². The first kappa shape index (κ1) is 14.3. The number of furan rings is 1. The van der Waals surface area contributed by atoms with Crippen LogP contribution in [0.25, 0.3) is 0 Å². The normalized spacial score (nSPS) is 11.7. The summed E-state index contributed by atoms with van der Waals surface area (Å²) in [7, 11) is -2.22. The Labute approximate surface area is 115 Å². The van der Waals surface area contributed by atoms with Gasteiger partial charge >= 0.3 is 5.97 Å². The monoisotopic (exact) mass is 299 g/mol. The van der Waals surface area contributed by atoms with E-state index in [4.69, 9.17) is 9.52 Å². The van der Waals surface area contributed by atoms with Gasteiger partial charge in [-0.2, -0.15) is 5.10 Å². The van der Waals surface area contributed by atoms with Gasteiger partial charge < -0.3 is 9.52 Å². The van der Waals surface area contributed by atoms with E-state index in [1.165, 1.54) is 24.0 Å². The molecular formula is C11H13N3O5S. The standard InChI is InChI=1S/C11H13N3O5S/c1-7-4-12-14(2)10(7)20(17,18)13-5-9-3-8(6-19-9)11(15)16/h3-4,6,13H,5H2,1-2H3,(H,15,16). The molecule has 8 nitrogen and oxygen atoms in total. The number of carboxylic acid groups (broad SMARTS) is 1. The fraction of sp³-hybridized carbons (Fsp3) is 0.273. The molecule has 0 unspecified atom stereocenters. The molecule has 0 saturated heterocycles. The Morgan fingerprint density at radius 1 is 1.55 bits per heavy atom. The van der Waals surface area contributed by atoms with Crippen molar-refractivity contribution < 1.29 is 22.7 Å². The van der Waals surface area contributed by atoms with E-state index in [1.54, 1.807) is 6.92 Å². The molecule has 2 N–H and O–H groups in total. The molecule has 0 aliphatic rings. The van der Waals surface area contributed by atoms with Crippen LogP contribution >= 0.6 is 0 Å². The minimum atomic E-state index is -3.74. The van der Waals surface area contributed by atoms with Gasteiger partial charge in [0.05, 0.1) is 18.3 Å². The molecule has 108 valence electrons. The lowest BCUT2D eigenvalue weighted by atomic mass is 10.3. The minimum absolute atomic E-state index is 0.0316. The van der Waals surface area contributed by atoms with Crippen LogP contribution in [0.4, 0.5) is 0 Å². The molecular weight excluding hydrogens is 286 g/mol. The second-order valence-corrected chi connectivity index (χ2v) is 5.87. The van der Waals surface area contributed by atoms with Crippen LogP contribution in [0.3, 0.4) is 0 Å². The number of rotatable bonds is 5. The maximum atomic E-state index is 12.1. The lowest BCUT2D eigenvalue weighted by Crippen LogP contribution is -2.25. The van der Waals surface area contributed by atoms with E-state index < -0.39 is 16.0 Å². The van der Waals surface area contributed by atoms with Crippen LogP contribution in [0, 0.1) is 6.92 Å². The zero-order valence-corrected chi connectivity index (χ0v) is 11.6. The number of aryl methyl sites for hydroxylation is 2. The lowest BCUT2D eigenvalue weighted by molar-refractivity contribution is 0.0696. The van der Waals surface area contributed by atoms with Gasteiger partial charge in [-0.3, -0.25) is 4.68 Å². The van der Waals surface area contributed by atoms with Gasteiger partial charge in [0.25, 0.3) is 10.0 Å². The third kappa shape index (κ3) is 2.73. The first-order valence-electron chi connectivity index (χ1n) is 5.60. The Balaban J connectivity index is 2.15. The van der Waals surface area contributed by atoms with Crippen molar-refractivity contribution in [3.05, 3.63) is 35.4 Å². The van der Waals surface area contributed by atoms with E-state index in [0.717, 1.165) is 6.26 Å². The number of aromatic nitrogens is 2. The summed E-state index contributed by atoms with van der Waals surface area (Å²) in [4.78, 5) is 10.7. The van der Waals surface area contributed by atoms with Gasteiger partial charge in [0.1, 0.15) is 12.0 Å². The van der Waals surface area contributed by atoms with E-state index in [0.29, 0.717) is 5.56 Å². The summed E-state index contributed by atoms with van der Waals surface area (Å²) in [6, 6.07) is 1.26. The summed E-state index contributed by atoms with van der Waals surface area (Å²) >= 11 is 0. The summed E-state index contributed by atoms with van der Waals surface area (Å²) in [5.74, 6) is -0.920. The summed E-state index contributed by atoms with van der Waals surface area (Å²) in [6.45, 7) is 1.50. The molecule has 0 spiro atoms. The maximum absolute atomic E-state index is 12.1. The quantitative estimate of drug-likeness (QED) is 0.830. The Kier molecular flexibility index (Phi) is 3.64. The van der Waals surface area contributed by atoms with Gasteiger partial charge in [0, 0.05) is 12.6 Å². The van der Waals surface area contributed by atoms with Crippen LogP contribution in [0.1, 0.15) is 21.7 Å². The molecule has 0 radical (unpaired) electrons. The van der Waals surface area contributed by atoms with Gasteiger partial charge in [0.15, 0.2) is 5.03 Å². The Morgan fingerprint density at radius 2 is 2.25 bits per heavy atom. The number of carboxylic acids is 1. The van der Waals surface area contributed by atoms with Crippen molar-refractivity contribution in [1.82, 2.24) is 14.5 Å². The van der Waals surface area contributed by atoms with Crippen LogP contribution in [0.2, 0.25) is 0 Å². The number of carbonyl (C=O) groups is 1. The lowest BCUT2D eigenvalue weighted by Gasteiger charge is -2.06. The average molecular weight is 299 g/mol. The van der Waals surface area contributed by atoms with Crippen molar-refractivity contribution in [3.63, 3.8) is 0 Å². The highest BCUT2D eigenvalue weighted by molar-refractivity contribution is 7.89. The van der Waals surface area contributed by atoms with E-state index in [-0.39, 0.29) is 22.9 Å². The van der Waals surface area contributed by atoms with Crippen molar-refractivity contribution in [1.29, 1.82) is 0 Å². The minimum Gasteiger partial charge on any atom is -0.478 e. The van der Waals surface area contributed by atoms with Gasteiger partial charge in [-0.05, 0) is 13.0 Å². The topological polar surface area (TPSA) is 114 Å². The number of nitrogens with zero attached hydrogens (tertiary/aromatic N) is 2. The first-order chi connectivity index (χ1) is 9.31. The van der Waals surface area contributed by atoms with Gasteiger partial charge in [0.2, 0.25) is 0 Å². The molecule has 0 aliphatic heterocycles. The third-order valence-electron chi connectivity index (χ3n) is 2.65. The molecule has 0 aromatic carbocycles. The van der Waals surface area contributed by atoms with Crippen LogP contribution < -0.4 is 4.72 Å². The van der Waals surface area contributed by atoms with Crippen LogP contribution in [-0.4, -0.2) is 29.3 Å². The molecule has 0 bridgehead atoms. The predicted octanol–water partition coefficient (Wildman–Crippen LogP) is 0.498. The van der Waals surface area contributed by atoms with E-state index in [9.17, 15) is 13.2 Å². The zero-order valence-electron chi connectivity index (χ0n) is 10.8. The first-order valence-corrected chi connectivity index (χ1v) is 7.08. The molecule has 0 atom stereocenters. The van der Waals surface area contributed by atoms with Crippen LogP contribution in [-0.2, 0) is 23.6 Å². The smallest absolute Gasteiger partial charge is 0.338 e. The second-order valence-electron chi connectivity index (χ2n) is 4.19. The maximum Gasteiger partial charge on any atom is 0.338 e. The SMILES string of the molecule is Cc1cnn(C)c1S(=O)(=O)NCc1cc(C(=O)O)co1. The number of nitrogens with one attached hydrogen (secondary N) is 1. The second kappa shape index (κ2) is 5.10. The van der Waals surface area contributed by atoms with Crippen molar-refractivity contribution in [2.75, 3.05) is 0 Å². The Hall–Kier alpha value is -2.13. The molecule has 0 saturated carbocycles. The number of hydrogen-bond acceptors (Lipinski definition) is 5. The molecule has 2 rings (SSSR count).